The average molecular weight is 223 g/mol. The molecule has 0 heterocycles. The molecule has 92 valence electrons. The summed E-state index contributed by atoms with van der Waals surface area (Å²) in [5.74, 6) is 0. The molecular formula is C13H25N3. The Labute approximate surface area is 99.8 Å². The first-order chi connectivity index (χ1) is 7.63. The van der Waals surface area contributed by atoms with Crippen LogP contribution < -0.4 is 5.32 Å². The quantitative estimate of drug-likeness (QED) is 0.685. The average Bonchev–Trinajstić information content (AvgIpc) is 3.08. The SMILES string of the molecule is CCN(CC)CCCC(C)(C#N)NC1CC1. The van der Waals surface area contributed by atoms with Crippen LogP contribution in [0.2, 0.25) is 0 Å². The van der Waals surface area contributed by atoms with E-state index >= 15 is 0 Å². The number of hydrogen-bond donors (Lipinski definition) is 1. The molecule has 3 heteroatoms. The van der Waals surface area contributed by atoms with Gasteiger partial charge in [0.25, 0.3) is 0 Å². The van der Waals surface area contributed by atoms with Crippen molar-refractivity contribution in [3.8, 4) is 6.07 Å². The zero-order valence-corrected chi connectivity index (χ0v) is 10.9. The van der Waals surface area contributed by atoms with Gasteiger partial charge in [-0.15, -0.1) is 0 Å². The minimum atomic E-state index is -0.311. The lowest BCUT2D eigenvalue weighted by molar-refractivity contribution is 0.280. The van der Waals surface area contributed by atoms with Gasteiger partial charge >= 0.3 is 0 Å². The Kier molecular flexibility index (Phi) is 5.24. The van der Waals surface area contributed by atoms with E-state index in [9.17, 15) is 5.26 Å². The van der Waals surface area contributed by atoms with Crippen molar-refractivity contribution in [2.45, 2.75) is 58.0 Å². The van der Waals surface area contributed by atoms with Gasteiger partial charge in [0, 0.05) is 6.04 Å². The van der Waals surface area contributed by atoms with Crippen LogP contribution in [0, 0.1) is 11.3 Å². The highest BCUT2D eigenvalue weighted by Gasteiger charge is 2.31. The van der Waals surface area contributed by atoms with Crippen LogP contribution in [0.4, 0.5) is 0 Å². The Morgan fingerprint density at radius 2 is 2.00 bits per heavy atom. The van der Waals surface area contributed by atoms with Crippen molar-refractivity contribution in [3.05, 3.63) is 0 Å². The van der Waals surface area contributed by atoms with Crippen LogP contribution in [0.3, 0.4) is 0 Å². The minimum absolute atomic E-state index is 0.311. The van der Waals surface area contributed by atoms with Crippen molar-refractivity contribution >= 4 is 0 Å². The largest absolute Gasteiger partial charge is 0.304 e. The van der Waals surface area contributed by atoms with Gasteiger partial charge in [-0.1, -0.05) is 13.8 Å². The zero-order chi connectivity index (χ0) is 12.0. The van der Waals surface area contributed by atoms with Gasteiger partial charge < -0.3 is 4.90 Å². The Hall–Kier alpha value is -0.590. The molecule has 1 atom stereocenters. The van der Waals surface area contributed by atoms with Crippen molar-refractivity contribution in [3.63, 3.8) is 0 Å². The van der Waals surface area contributed by atoms with E-state index in [1.54, 1.807) is 0 Å². The molecule has 0 bridgehead atoms. The minimum Gasteiger partial charge on any atom is -0.304 e. The second kappa shape index (κ2) is 6.22. The van der Waals surface area contributed by atoms with Crippen molar-refractivity contribution in [2.24, 2.45) is 0 Å². The second-order valence-electron chi connectivity index (χ2n) is 4.99. The van der Waals surface area contributed by atoms with Gasteiger partial charge in [0.15, 0.2) is 0 Å². The summed E-state index contributed by atoms with van der Waals surface area (Å²) < 4.78 is 0. The second-order valence-corrected chi connectivity index (χ2v) is 4.99. The van der Waals surface area contributed by atoms with E-state index < -0.39 is 0 Å². The smallest absolute Gasteiger partial charge is 0.104 e. The highest BCUT2D eigenvalue weighted by molar-refractivity contribution is 5.06. The molecule has 1 rings (SSSR count). The maximum Gasteiger partial charge on any atom is 0.104 e. The topological polar surface area (TPSA) is 39.1 Å². The van der Waals surface area contributed by atoms with Crippen LogP contribution in [0.5, 0.6) is 0 Å². The molecule has 0 amide bonds. The molecule has 1 aliphatic carbocycles. The molecule has 0 spiro atoms. The van der Waals surface area contributed by atoms with Gasteiger partial charge in [-0.2, -0.15) is 5.26 Å². The first kappa shape index (κ1) is 13.5. The Bertz CT molecular complexity index is 238. The third-order valence-corrected chi connectivity index (χ3v) is 3.39. The van der Waals surface area contributed by atoms with E-state index in [1.807, 2.05) is 6.92 Å². The Morgan fingerprint density at radius 1 is 1.38 bits per heavy atom. The van der Waals surface area contributed by atoms with Crippen molar-refractivity contribution < 1.29 is 0 Å². The van der Waals surface area contributed by atoms with E-state index in [0.29, 0.717) is 6.04 Å². The molecule has 1 unspecified atom stereocenters. The van der Waals surface area contributed by atoms with E-state index in [-0.39, 0.29) is 5.54 Å². The molecule has 1 fully saturated rings. The highest BCUT2D eigenvalue weighted by atomic mass is 15.1. The molecule has 1 N–H and O–H groups in total. The fourth-order valence-corrected chi connectivity index (χ4v) is 2.03. The molecule has 1 aliphatic rings. The van der Waals surface area contributed by atoms with Crippen LogP contribution in [0.15, 0.2) is 0 Å². The number of hydrogen-bond acceptors (Lipinski definition) is 3. The fourth-order valence-electron chi connectivity index (χ4n) is 2.03. The van der Waals surface area contributed by atoms with E-state index in [2.05, 4.69) is 30.1 Å². The lowest BCUT2D eigenvalue weighted by atomic mass is 9.97. The zero-order valence-electron chi connectivity index (χ0n) is 10.9. The molecule has 0 aromatic rings. The molecule has 0 aromatic carbocycles. The molecular weight excluding hydrogens is 198 g/mol. The maximum absolute atomic E-state index is 9.22. The van der Waals surface area contributed by atoms with Crippen molar-refractivity contribution in [1.29, 1.82) is 5.26 Å². The van der Waals surface area contributed by atoms with E-state index in [0.717, 1.165) is 32.5 Å². The summed E-state index contributed by atoms with van der Waals surface area (Å²) in [6.07, 6.45) is 4.54. The lowest BCUT2D eigenvalue weighted by Crippen LogP contribution is -2.43. The third kappa shape index (κ3) is 4.51. The van der Waals surface area contributed by atoms with Crippen LogP contribution in [0.1, 0.15) is 46.5 Å². The Balaban J connectivity index is 2.24. The predicted octanol–water partition coefficient (Wildman–Crippen LogP) is 2.14. The van der Waals surface area contributed by atoms with Gasteiger partial charge in [-0.05, 0) is 52.2 Å². The first-order valence-corrected chi connectivity index (χ1v) is 6.55. The summed E-state index contributed by atoms with van der Waals surface area (Å²) in [6, 6.07) is 3.04. The molecule has 0 aliphatic heterocycles. The van der Waals surface area contributed by atoms with Crippen LogP contribution >= 0.6 is 0 Å². The molecule has 0 aromatic heterocycles. The van der Waals surface area contributed by atoms with Gasteiger partial charge in [-0.3, -0.25) is 5.32 Å². The highest BCUT2D eigenvalue weighted by Crippen LogP contribution is 2.24. The molecule has 1 saturated carbocycles. The van der Waals surface area contributed by atoms with Gasteiger partial charge in [0.2, 0.25) is 0 Å². The van der Waals surface area contributed by atoms with Crippen LogP contribution in [-0.4, -0.2) is 36.1 Å². The number of nitrogens with zero attached hydrogens (tertiary/aromatic N) is 2. The van der Waals surface area contributed by atoms with Gasteiger partial charge in [-0.25, -0.2) is 0 Å². The normalized spacial score (nSPS) is 19.4. The summed E-state index contributed by atoms with van der Waals surface area (Å²) in [5, 5.41) is 12.7. The van der Waals surface area contributed by atoms with Gasteiger partial charge in [0.05, 0.1) is 6.07 Å². The number of rotatable bonds is 8. The summed E-state index contributed by atoms with van der Waals surface area (Å²) in [6.45, 7) is 9.74. The van der Waals surface area contributed by atoms with E-state index in [1.165, 1.54) is 12.8 Å². The van der Waals surface area contributed by atoms with Crippen molar-refractivity contribution in [1.82, 2.24) is 10.2 Å². The summed E-state index contributed by atoms with van der Waals surface area (Å²) in [5.41, 5.74) is -0.311. The Morgan fingerprint density at radius 3 is 2.44 bits per heavy atom. The fraction of sp³-hybridized carbons (Fsp3) is 0.923. The van der Waals surface area contributed by atoms with Gasteiger partial charge in [0.1, 0.15) is 5.54 Å². The van der Waals surface area contributed by atoms with Crippen LogP contribution in [-0.2, 0) is 0 Å². The number of nitriles is 1. The summed E-state index contributed by atoms with van der Waals surface area (Å²) in [7, 11) is 0. The lowest BCUT2D eigenvalue weighted by Gasteiger charge is -2.25. The predicted molar refractivity (Wildman–Crippen MR) is 67.2 cm³/mol. The molecule has 0 saturated heterocycles. The maximum atomic E-state index is 9.22. The molecule has 0 radical (unpaired) electrons. The van der Waals surface area contributed by atoms with Crippen LogP contribution in [0.25, 0.3) is 0 Å². The summed E-state index contributed by atoms with van der Waals surface area (Å²) >= 11 is 0. The monoisotopic (exact) mass is 223 g/mol. The third-order valence-electron chi connectivity index (χ3n) is 3.39. The first-order valence-electron chi connectivity index (χ1n) is 6.55. The van der Waals surface area contributed by atoms with Crippen molar-refractivity contribution in [2.75, 3.05) is 19.6 Å². The molecule has 16 heavy (non-hydrogen) atoms. The van der Waals surface area contributed by atoms with E-state index in [4.69, 9.17) is 0 Å². The molecule has 3 nitrogen and oxygen atoms in total. The summed E-state index contributed by atoms with van der Waals surface area (Å²) in [4.78, 5) is 2.41. The number of nitrogens with one attached hydrogen (secondary N) is 1. The standard InChI is InChI=1S/C13H25N3/c1-4-16(5-2)10-6-9-13(3,11-14)15-12-7-8-12/h12,15H,4-10H2,1-3H3.